The van der Waals surface area contributed by atoms with Gasteiger partial charge in [0.05, 0.1) is 16.6 Å². The predicted octanol–water partition coefficient (Wildman–Crippen LogP) is 3.68. The minimum Gasteiger partial charge on any atom is -0.489 e. The molecule has 2 aromatic heterocycles. The smallest absolute Gasteiger partial charge is 0.175 e. The molecule has 1 aliphatic heterocycles. The normalized spacial score (nSPS) is 18.7. The highest BCUT2D eigenvalue weighted by Crippen LogP contribution is 2.31. The third kappa shape index (κ3) is 4.23. The summed E-state index contributed by atoms with van der Waals surface area (Å²) < 4.78 is 31.7. The lowest BCUT2D eigenvalue weighted by Gasteiger charge is -2.32. The summed E-state index contributed by atoms with van der Waals surface area (Å²) in [4.78, 5) is 7.48. The number of ether oxygens (including phenoxy) is 1. The van der Waals surface area contributed by atoms with E-state index in [9.17, 15) is 8.42 Å². The summed E-state index contributed by atoms with van der Waals surface area (Å²) in [5.41, 5.74) is 0.923. The number of pyridine rings is 1. The van der Waals surface area contributed by atoms with Gasteiger partial charge >= 0.3 is 0 Å². The fourth-order valence-corrected chi connectivity index (χ4v) is 4.86. The molecule has 0 N–H and O–H groups in total. The zero-order chi connectivity index (χ0) is 20.7. The van der Waals surface area contributed by atoms with Gasteiger partial charge in [-0.25, -0.2) is 13.4 Å². The molecule has 0 amide bonds. The van der Waals surface area contributed by atoms with Gasteiger partial charge in [-0.3, -0.25) is 0 Å². The van der Waals surface area contributed by atoms with Crippen molar-refractivity contribution in [1.29, 1.82) is 0 Å². The summed E-state index contributed by atoms with van der Waals surface area (Å²) in [6, 6.07) is 11.0. The largest absolute Gasteiger partial charge is 0.489 e. The van der Waals surface area contributed by atoms with Crippen molar-refractivity contribution < 1.29 is 13.2 Å². The van der Waals surface area contributed by atoms with Crippen molar-refractivity contribution in [2.45, 2.75) is 36.7 Å². The molecular formula is C23H27N3O3S. The molecule has 1 saturated carbocycles. The van der Waals surface area contributed by atoms with Crippen LogP contribution >= 0.6 is 0 Å². The molecule has 0 spiro atoms. The van der Waals surface area contributed by atoms with Gasteiger partial charge < -0.3 is 14.2 Å². The molecule has 5 rings (SSSR count). The maximum Gasteiger partial charge on any atom is 0.175 e. The van der Waals surface area contributed by atoms with E-state index in [1.165, 1.54) is 25.6 Å². The molecular weight excluding hydrogens is 398 g/mol. The maximum atomic E-state index is 11.8. The average molecular weight is 426 g/mol. The Bertz CT molecular complexity index is 1140. The molecule has 2 aliphatic rings. The number of aromatic nitrogens is 2. The number of nitrogens with zero attached hydrogens (tertiary/aromatic N) is 3. The van der Waals surface area contributed by atoms with E-state index < -0.39 is 9.84 Å². The van der Waals surface area contributed by atoms with Gasteiger partial charge in [0, 0.05) is 37.5 Å². The Morgan fingerprint density at radius 3 is 2.53 bits per heavy atom. The molecule has 3 heterocycles. The zero-order valence-corrected chi connectivity index (χ0v) is 18.0. The van der Waals surface area contributed by atoms with Crippen LogP contribution in [-0.4, -0.2) is 54.9 Å². The summed E-state index contributed by atoms with van der Waals surface area (Å²) in [6.07, 6.45) is 10.1. The van der Waals surface area contributed by atoms with E-state index in [1.807, 2.05) is 35.0 Å². The fourth-order valence-electron chi connectivity index (χ4n) is 4.20. The Morgan fingerprint density at radius 1 is 1.07 bits per heavy atom. The van der Waals surface area contributed by atoms with Gasteiger partial charge in [-0.1, -0.05) is 0 Å². The molecule has 158 valence electrons. The second-order valence-electron chi connectivity index (χ2n) is 8.59. The van der Waals surface area contributed by atoms with Crippen molar-refractivity contribution in [3.05, 3.63) is 48.8 Å². The van der Waals surface area contributed by atoms with Crippen molar-refractivity contribution in [3.8, 4) is 11.6 Å². The minimum absolute atomic E-state index is 0.259. The molecule has 2 fully saturated rings. The van der Waals surface area contributed by atoms with E-state index in [-0.39, 0.29) is 6.10 Å². The van der Waals surface area contributed by atoms with E-state index in [0.717, 1.165) is 54.3 Å². The first-order valence-electron chi connectivity index (χ1n) is 10.6. The van der Waals surface area contributed by atoms with Gasteiger partial charge in [0.15, 0.2) is 9.84 Å². The van der Waals surface area contributed by atoms with Crippen LogP contribution in [0.4, 0.5) is 0 Å². The average Bonchev–Trinajstić information content (AvgIpc) is 3.45. The first kappa shape index (κ1) is 19.6. The number of likely N-dealkylation sites (tertiary alicyclic amines) is 1. The second kappa shape index (κ2) is 7.71. The van der Waals surface area contributed by atoms with Gasteiger partial charge in [-0.05, 0) is 68.0 Å². The highest BCUT2D eigenvalue weighted by atomic mass is 32.2. The predicted molar refractivity (Wildman–Crippen MR) is 117 cm³/mol. The Labute approximate surface area is 177 Å². The highest BCUT2D eigenvalue weighted by Gasteiger charge is 2.27. The Hall–Kier alpha value is -2.38. The number of rotatable bonds is 6. The lowest BCUT2D eigenvalue weighted by atomic mass is 10.1. The molecule has 0 unspecified atom stereocenters. The summed E-state index contributed by atoms with van der Waals surface area (Å²) >= 11 is 0. The number of sulfone groups is 1. The highest BCUT2D eigenvalue weighted by molar-refractivity contribution is 7.90. The number of benzene rings is 1. The van der Waals surface area contributed by atoms with Gasteiger partial charge in [-0.15, -0.1) is 0 Å². The quantitative estimate of drug-likeness (QED) is 0.603. The molecule has 30 heavy (non-hydrogen) atoms. The molecule has 0 radical (unpaired) electrons. The fraction of sp³-hybridized carbons (Fsp3) is 0.435. The Morgan fingerprint density at radius 2 is 1.87 bits per heavy atom. The Balaban J connectivity index is 1.26. The van der Waals surface area contributed by atoms with Crippen LogP contribution in [0.1, 0.15) is 25.7 Å². The standard InChI is InChI=1S/C23H27N3O3S/c1-30(27,28)21-5-6-22-18(14-21)8-13-26(22)23-7-4-20(15-24-23)29-19-9-11-25(12-10-19)16-17-2-3-17/h4-8,13-15,17,19H,2-3,9-12,16H2,1H3. The third-order valence-corrected chi connectivity index (χ3v) is 7.22. The van der Waals surface area contributed by atoms with Crippen LogP contribution in [0.5, 0.6) is 5.75 Å². The van der Waals surface area contributed by atoms with Crippen LogP contribution in [-0.2, 0) is 9.84 Å². The van der Waals surface area contributed by atoms with Gasteiger partial charge in [-0.2, -0.15) is 0 Å². The first-order chi connectivity index (χ1) is 14.5. The van der Waals surface area contributed by atoms with E-state index in [0.29, 0.717) is 4.90 Å². The molecule has 6 nitrogen and oxygen atoms in total. The Kier molecular flexibility index (Phi) is 5.03. The number of hydrogen-bond donors (Lipinski definition) is 0. The summed E-state index contributed by atoms with van der Waals surface area (Å²) in [7, 11) is -3.22. The second-order valence-corrected chi connectivity index (χ2v) is 10.6. The third-order valence-electron chi connectivity index (χ3n) is 6.11. The van der Waals surface area contributed by atoms with Crippen molar-refractivity contribution >= 4 is 20.7 Å². The summed E-state index contributed by atoms with van der Waals surface area (Å²) in [5.74, 6) is 2.53. The minimum atomic E-state index is -3.22. The molecule has 1 aliphatic carbocycles. The maximum absolute atomic E-state index is 11.8. The van der Waals surface area contributed by atoms with Gasteiger partial charge in [0.1, 0.15) is 17.7 Å². The SMILES string of the molecule is CS(=O)(=O)c1ccc2c(ccn2-c2ccc(OC3CCN(CC4CC4)CC3)cn2)c1. The van der Waals surface area contributed by atoms with Crippen molar-refractivity contribution in [3.63, 3.8) is 0 Å². The van der Waals surface area contributed by atoms with Crippen LogP contribution in [0.15, 0.2) is 53.7 Å². The van der Waals surface area contributed by atoms with Gasteiger partial charge in [0.2, 0.25) is 0 Å². The van der Waals surface area contributed by atoms with Crippen molar-refractivity contribution in [2.75, 3.05) is 25.9 Å². The van der Waals surface area contributed by atoms with Gasteiger partial charge in [0.25, 0.3) is 0 Å². The molecule has 0 atom stereocenters. The number of fused-ring (bicyclic) bond motifs is 1. The van der Waals surface area contributed by atoms with Crippen molar-refractivity contribution in [2.24, 2.45) is 5.92 Å². The number of piperidine rings is 1. The molecule has 1 aromatic carbocycles. The molecule has 7 heteroatoms. The van der Waals surface area contributed by atoms with E-state index in [4.69, 9.17) is 4.74 Å². The zero-order valence-electron chi connectivity index (χ0n) is 17.2. The summed E-state index contributed by atoms with van der Waals surface area (Å²) in [6.45, 7) is 3.51. The van der Waals surface area contributed by atoms with E-state index in [1.54, 1.807) is 18.3 Å². The summed E-state index contributed by atoms with van der Waals surface area (Å²) in [5, 5.41) is 0.873. The van der Waals surface area contributed by atoms with Crippen LogP contribution < -0.4 is 4.74 Å². The molecule has 1 saturated heterocycles. The van der Waals surface area contributed by atoms with E-state index in [2.05, 4.69) is 9.88 Å². The monoisotopic (exact) mass is 425 g/mol. The lowest BCUT2D eigenvalue weighted by molar-refractivity contribution is 0.0977. The van der Waals surface area contributed by atoms with E-state index >= 15 is 0 Å². The molecule has 3 aromatic rings. The van der Waals surface area contributed by atoms with Crippen molar-refractivity contribution in [1.82, 2.24) is 14.5 Å². The topological polar surface area (TPSA) is 64.4 Å². The molecule has 0 bridgehead atoms. The van der Waals surface area contributed by atoms with Crippen LogP contribution in [0, 0.1) is 5.92 Å². The lowest BCUT2D eigenvalue weighted by Crippen LogP contribution is -2.39. The van der Waals surface area contributed by atoms with Crippen LogP contribution in [0.25, 0.3) is 16.7 Å². The van der Waals surface area contributed by atoms with Crippen LogP contribution in [0.3, 0.4) is 0 Å². The number of hydrogen-bond acceptors (Lipinski definition) is 5. The first-order valence-corrected chi connectivity index (χ1v) is 12.5. The van der Waals surface area contributed by atoms with Crippen LogP contribution in [0.2, 0.25) is 0 Å².